The Morgan fingerprint density at radius 2 is 1.86 bits per heavy atom. The van der Waals surface area contributed by atoms with Crippen molar-refractivity contribution in [1.29, 1.82) is 0 Å². The molecule has 1 saturated carbocycles. The summed E-state index contributed by atoms with van der Waals surface area (Å²) in [6, 6.07) is 0. The lowest BCUT2D eigenvalue weighted by Gasteiger charge is -2.32. The van der Waals surface area contributed by atoms with Crippen molar-refractivity contribution in [3.05, 3.63) is 0 Å². The van der Waals surface area contributed by atoms with Gasteiger partial charge in [-0.3, -0.25) is 13.8 Å². The normalized spacial score (nSPS) is 24.0. The van der Waals surface area contributed by atoms with Crippen LogP contribution in [0.2, 0.25) is 0 Å². The molecule has 0 aromatic rings. The molecule has 2 atom stereocenters. The summed E-state index contributed by atoms with van der Waals surface area (Å²) in [7, 11) is -0.950. The van der Waals surface area contributed by atoms with Crippen molar-refractivity contribution >= 4 is 22.6 Å². The molecule has 0 bridgehead atoms. The molecule has 22 heavy (non-hydrogen) atoms. The molecule has 1 heterocycles. The number of likely N-dealkylation sites (tertiary alicyclic amines) is 1. The zero-order chi connectivity index (χ0) is 16.3. The Morgan fingerprint density at radius 3 is 2.45 bits per heavy atom. The van der Waals surface area contributed by atoms with E-state index >= 15 is 0 Å². The number of nitrogens with zero attached hydrogens (tertiary/aromatic N) is 1. The van der Waals surface area contributed by atoms with Gasteiger partial charge in [-0.05, 0) is 46.5 Å². The molecule has 0 spiro atoms. The summed E-state index contributed by atoms with van der Waals surface area (Å²) < 4.78 is 11.7. The average molecular weight is 328 g/mol. The molecule has 2 unspecified atom stereocenters. The Kier molecular flexibility index (Phi) is 5.64. The molecule has 2 fully saturated rings. The molecule has 2 rings (SSSR count). The fourth-order valence-corrected chi connectivity index (χ4v) is 3.60. The van der Waals surface area contributed by atoms with Gasteiger partial charge in [-0.1, -0.05) is 0 Å². The maximum Gasteiger partial charge on any atom is 0.225 e. The van der Waals surface area contributed by atoms with Gasteiger partial charge in [-0.2, -0.15) is 0 Å². The number of hydrogen-bond acceptors (Lipinski definition) is 3. The van der Waals surface area contributed by atoms with E-state index in [-0.39, 0.29) is 28.4 Å². The molecule has 2 amide bonds. The molecule has 1 aliphatic carbocycles. The minimum Gasteiger partial charge on any atom is -0.355 e. The van der Waals surface area contributed by atoms with Gasteiger partial charge in [-0.25, -0.2) is 0 Å². The number of piperidine rings is 1. The van der Waals surface area contributed by atoms with Crippen LogP contribution in [-0.4, -0.2) is 51.1 Å². The first-order valence-corrected chi connectivity index (χ1v) is 9.56. The Morgan fingerprint density at radius 1 is 1.18 bits per heavy atom. The van der Waals surface area contributed by atoms with Crippen molar-refractivity contribution in [1.82, 2.24) is 10.2 Å². The number of rotatable bonds is 5. The smallest absolute Gasteiger partial charge is 0.225 e. The molecule has 126 valence electrons. The number of amides is 2. The molecule has 1 aliphatic heterocycles. The van der Waals surface area contributed by atoms with E-state index < -0.39 is 10.8 Å². The first-order valence-electron chi connectivity index (χ1n) is 8.24. The van der Waals surface area contributed by atoms with Gasteiger partial charge >= 0.3 is 0 Å². The molecule has 1 N–H and O–H groups in total. The first kappa shape index (κ1) is 17.4. The van der Waals surface area contributed by atoms with Gasteiger partial charge in [0.2, 0.25) is 11.8 Å². The number of nitrogens with one attached hydrogen (secondary N) is 1. The summed E-state index contributed by atoms with van der Waals surface area (Å²) in [5, 5.41) is 2.89. The van der Waals surface area contributed by atoms with Crippen molar-refractivity contribution in [3.8, 4) is 0 Å². The summed E-state index contributed by atoms with van der Waals surface area (Å²) in [5.41, 5.74) is 0. The van der Waals surface area contributed by atoms with E-state index in [1.165, 1.54) is 0 Å². The van der Waals surface area contributed by atoms with Crippen molar-refractivity contribution in [3.63, 3.8) is 0 Å². The molecule has 2 aliphatic rings. The van der Waals surface area contributed by atoms with Crippen LogP contribution in [0, 0.1) is 11.8 Å². The SMILES string of the molecule is CC(C)(C)S(=O)CCNC(=O)C1CCCN(C(=O)C2CC2)C1. The van der Waals surface area contributed by atoms with Gasteiger partial charge in [0.15, 0.2) is 0 Å². The Hall–Kier alpha value is -0.910. The van der Waals surface area contributed by atoms with Crippen molar-refractivity contribution in [2.24, 2.45) is 11.8 Å². The summed E-state index contributed by atoms with van der Waals surface area (Å²) >= 11 is 0. The maximum absolute atomic E-state index is 12.2. The topological polar surface area (TPSA) is 66.5 Å². The molecule has 0 aromatic carbocycles. The zero-order valence-electron chi connectivity index (χ0n) is 13.9. The van der Waals surface area contributed by atoms with Gasteiger partial charge in [-0.15, -0.1) is 0 Å². The molecular weight excluding hydrogens is 300 g/mol. The maximum atomic E-state index is 12.2. The van der Waals surface area contributed by atoms with Gasteiger partial charge in [0.1, 0.15) is 0 Å². The number of carbonyl (C=O) groups is 2. The minimum atomic E-state index is -0.950. The standard InChI is InChI=1S/C16H28N2O3S/c1-16(2,3)22(21)10-8-17-14(19)13-5-4-9-18(11-13)15(20)12-6-7-12/h12-13H,4-11H2,1-3H3,(H,17,19). The van der Waals surface area contributed by atoms with Crippen LogP contribution in [0.1, 0.15) is 46.5 Å². The zero-order valence-corrected chi connectivity index (χ0v) is 14.7. The highest BCUT2D eigenvalue weighted by molar-refractivity contribution is 7.86. The van der Waals surface area contributed by atoms with Gasteiger partial charge in [0.25, 0.3) is 0 Å². The van der Waals surface area contributed by atoms with Crippen molar-refractivity contribution < 1.29 is 13.8 Å². The van der Waals surface area contributed by atoms with Crippen LogP contribution < -0.4 is 5.32 Å². The van der Waals surface area contributed by atoms with E-state index in [1.54, 1.807) is 0 Å². The average Bonchev–Trinajstić information content (AvgIpc) is 3.30. The molecule has 5 nitrogen and oxygen atoms in total. The Balaban J connectivity index is 1.74. The molecule has 0 radical (unpaired) electrons. The monoisotopic (exact) mass is 328 g/mol. The third-order valence-electron chi connectivity index (χ3n) is 4.30. The fourth-order valence-electron chi connectivity index (χ4n) is 2.70. The molecule has 6 heteroatoms. The van der Waals surface area contributed by atoms with E-state index in [4.69, 9.17) is 0 Å². The lowest BCUT2D eigenvalue weighted by molar-refractivity contribution is -0.136. The third-order valence-corrected chi connectivity index (χ3v) is 6.24. The summed E-state index contributed by atoms with van der Waals surface area (Å²) in [6.45, 7) is 7.58. The summed E-state index contributed by atoms with van der Waals surface area (Å²) in [4.78, 5) is 26.2. The highest BCUT2D eigenvalue weighted by Crippen LogP contribution is 2.32. The lowest BCUT2D eigenvalue weighted by atomic mass is 9.97. The Labute approximate surface area is 135 Å². The molecule has 1 saturated heterocycles. The molecule has 0 aromatic heterocycles. The number of carbonyl (C=O) groups excluding carboxylic acids is 2. The van der Waals surface area contributed by atoms with E-state index in [2.05, 4.69) is 5.32 Å². The van der Waals surface area contributed by atoms with Crippen LogP contribution in [0.25, 0.3) is 0 Å². The fraction of sp³-hybridized carbons (Fsp3) is 0.875. The summed E-state index contributed by atoms with van der Waals surface area (Å²) in [5.74, 6) is 0.813. The highest BCUT2D eigenvalue weighted by Gasteiger charge is 2.36. The number of hydrogen-bond donors (Lipinski definition) is 1. The second-order valence-electron chi connectivity index (χ2n) is 7.35. The van der Waals surface area contributed by atoms with Gasteiger partial charge in [0.05, 0.1) is 5.92 Å². The van der Waals surface area contributed by atoms with E-state index in [1.807, 2.05) is 25.7 Å². The van der Waals surface area contributed by atoms with E-state index in [9.17, 15) is 13.8 Å². The van der Waals surface area contributed by atoms with Crippen LogP contribution in [0.5, 0.6) is 0 Å². The lowest BCUT2D eigenvalue weighted by Crippen LogP contribution is -2.46. The summed E-state index contributed by atoms with van der Waals surface area (Å²) in [6.07, 6.45) is 3.74. The van der Waals surface area contributed by atoms with E-state index in [0.717, 1.165) is 32.2 Å². The van der Waals surface area contributed by atoms with Crippen molar-refractivity contribution in [2.75, 3.05) is 25.4 Å². The van der Waals surface area contributed by atoms with Crippen LogP contribution in [0.3, 0.4) is 0 Å². The third kappa shape index (κ3) is 4.80. The predicted octanol–water partition coefficient (Wildman–Crippen LogP) is 1.30. The van der Waals surface area contributed by atoms with Crippen LogP contribution in [-0.2, 0) is 20.4 Å². The van der Waals surface area contributed by atoms with Gasteiger partial charge in [0, 0.05) is 46.9 Å². The van der Waals surface area contributed by atoms with Crippen molar-refractivity contribution in [2.45, 2.75) is 51.2 Å². The van der Waals surface area contributed by atoms with E-state index in [0.29, 0.717) is 18.8 Å². The van der Waals surface area contributed by atoms with Crippen LogP contribution in [0.4, 0.5) is 0 Å². The second-order valence-corrected chi connectivity index (χ2v) is 9.67. The van der Waals surface area contributed by atoms with Gasteiger partial charge < -0.3 is 10.2 Å². The van der Waals surface area contributed by atoms with Crippen LogP contribution >= 0.6 is 0 Å². The quantitative estimate of drug-likeness (QED) is 0.827. The van der Waals surface area contributed by atoms with Crippen LogP contribution in [0.15, 0.2) is 0 Å². The largest absolute Gasteiger partial charge is 0.355 e. The highest BCUT2D eigenvalue weighted by atomic mass is 32.2. The minimum absolute atomic E-state index is 0.000735. The Bertz CT molecular complexity index is 455. The molecular formula is C16H28N2O3S. The predicted molar refractivity (Wildman–Crippen MR) is 87.8 cm³/mol. The second kappa shape index (κ2) is 7.11. The first-order chi connectivity index (χ1) is 10.3.